The number of fused-ring (bicyclic) bond motifs is 1. The zero-order chi connectivity index (χ0) is 16.2. The van der Waals surface area contributed by atoms with E-state index >= 15 is 0 Å². The van der Waals surface area contributed by atoms with Crippen molar-refractivity contribution in [3.05, 3.63) is 35.9 Å². The predicted molar refractivity (Wildman–Crippen MR) is 84.7 cm³/mol. The molecule has 2 N–H and O–H groups in total. The van der Waals surface area contributed by atoms with Gasteiger partial charge in [-0.2, -0.15) is 0 Å². The van der Waals surface area contributed by atoms with Crippen LogP contribution >= 0.6 is 0 Å². The molecule has 2 fully saturated rings. The van der Waals surface area contributed by atoms with Crippen molar-refractivity contribution in [2.24, 2.45) is 17.8 Å². The highest BCUT2D eigenvalue weighted by Crippen LogP contribution is 2.52. The molecule has 3 rings (SSSR count). The van der Waals surface area contributed by atoms with E-state index in [1.807, 2.05) is 30.3 Å². The van der Waals surface area contributed by atoms with Crippen LogP contribution < -0.4 is 5.32 Å². The van der Waals surface area contributed by atoms with Crippen molar-refractivity contribution >= 4 is 12.1 Å². The summed E-state index contributed by atoms with van der Waals surface area (Å²) in [5.41, 5.74) is 0.913. The molecule has 2 aliphatic rings. The number of hydrogen-bond donors (Lipinski definition) is 2. The van der Waals surface area contributed by atoms with Gasteiger partial charge in [0.05, 0.1) is 6.42 Å². The monoisotopic (exact) mass is 317 g/mol. The lowest BCUT2D eigenvalue weighted by atomic mass is 9.82. The topological polar surface area (TPSA) is 75.6 Å². The number of rotatable bonds is 6. The Balaban J connectivity index is 1.52. The second-order valence-electron chi connectivity index (χ2n) is 6.74. The van der Waals surface area contributed by atoms with Gasteiger partial charge in [-0.1, -0.05) is 30.3 Å². The van der Waals surface area contributed by atoms with Crippen LogP contribution in [0.25, 0.3) is 0 Å². The number of carbonyl (C=O) groups excluding carboxylic acids is 1. The average molecular weight is 317 g/mol. The third-order valence-corrected chi connectivity index (χ3v) is 5.06. The van der Waals surface area contributed by atoms with Crippen molar-refractivity contribution in [2.75, 3.05) is 0 Å². The Kier molecular flexibility index (Phi) is 4.84. The van der Waals surface area contributed by atoms with E-state index < -0.39 is 12.1 Å². The van der Waals surface area contributed by atoms with E-state index in [1.165, 1.54) is 6.42 Å². The largest absolute Gasteiger partial charge is 0.481 e. The zero-order valence-corrected chi connectivity index (χ0v) is 13.1. The molecule has 4 atom stereocenters. The molecule has 1 amide bonds. The number of carboxylic acids is 1. The van der Waals surface area contributed by atoms with Gasteiger partial charge >= 0.3 is 12.1 Å². The van der Waals surface area contributed by atoms with Crippen molar-refractivity contribution in [2.45, 2.75) is 44.8 Å². The predicted octanol–water partition coefficient (Wildman–Crippen LogP) is 3.19. The Labute approximate surface area is 136 Å². The molecule has 2 aliphatic carbocycles. The normalized spacial score (nSPS) is 26.7. The van der Waals surface area contributed by atoms with E-state index in [0.717, 1.165) is 36.7 Å². The molecule has 0 aromatic heterocycles. The molecule has 0 radical (unpaired) electrons. The lowest BCUT2D eigenvalue weighted by Crippen LogP contribution is -2.43. The minimum absolute atomic E-state index is 0.0392. The molecule has 5 heteroatoms. The van der Waals surface area contributed by atoms with Crippen molar-refractivity contribution in [3.63, 3.8) is 0 Å². The third-order valence-electron chi connectivity index (χ3n) is 5.06. The smallest absolute Gasteiger partial charge is 0.407 e. The standard InChI is InChI=1S/C18H23NO4/c20-17(21)10-16(14-7-6-13-8-15(13)9-14)19-18(22)23-11-12-4-2-1-3-5-12/h1-5,13-16H,6-11H2,(H,19,22)(H,20,21)/t13?,14?,15?,16-/m0/s1. The van der Waals surface area contributed by atoms with E-state index in [2.05, 4.69) is 5.32 Å². The molecule has 124 valence electrons. The van der Waals surface area contributed by atoms with Gasteiger partial charge in [0.2, 0.25) is 0 Å². The van der Waals surface area contributed by atoms with Crippen LogP contribution in [-0.2, 0) is 16.1 Å². The summed E-state index contributed by atoms with van der Waals surface area (Å²) in [7, 11) is 0. The minimum atomic E-state index is -0.878. The molecule has 0 bridgehead atoms. The van der Waals surface area contributed by atoms with E-state index in [1.54, 1.807) is 0 Å². The van der Waals surface area contributed by atoms with Crippen molar-refractivity contribution in [1.82, 2.24) is 5.32 Å². The van der Waals surface area contributed by atoms with Gasteiger partial charge < -0.3 is 15.2 Å². The van der Waals surface area contributed by atoms with Crippen molar-refractivity contribution < 1.29 is 19.4 Å². The van der Waals surface area contributed by atoms with Crippen LogP contribution in [0.2, 0.25) is 0 Å². The molecule has 0 spiro atoms. The summed E-state index contributed by atoms with van der Waals surface area (Å²) in [5.74, 6) is 0.962. The Morgan fingerprint density at radius 1 is 1.17 bits per heavy atom. The Morgan fingerprint density at radius 2 is 1.96 bits per heavy atom. The quantitative estimate of drug-likeness (QED) is 0.845. The summed E-state index contributed by atoms with van der Waals surface area (Å²) < 4.78 is 5.23. The highest BCUT2D eigenvalue weighted by molar-refractivity contribution is 5.71. The van der Waals surface area contributed by atoms with Crippen LogP contribution in [0.15, 0.2) is 30.3 Å². The molecule has 3 unspecified atom stereocenters. The van der Waals surface area contributed by atoms with Gasteiger partial charge in [0.25, 0.3) is 0 Å². The average Bonchev–Trinajstić information content (AvgIpc) is 3.31. The molecule has 1 aromatic carbocycles. The Hall–Kier alpha value is -2.04. The van der Waals surface area contributed by atoms with Crippen LogP contribution in [0.3, 0.4) is 0 Å². The fourth-order valence-corrected chi connectivity index (χ4v) is 3.69. The number of benzene rings is 1. The maximum Gasteiger partial charge on any atom is 0.407 e. The molecule has 0 heterocycles. The molecule has 0 saturated heterocycles. The number of amides is 1. The summed E-state index contributed by atoms with van der Waals surface area (Å²) in [6.45, 7) is 0.196. The second kappa shape index (κ2) is 7.02. The number of nitrogens with one attached hydrogen (secondary N) is 1. The SMILES string of the molecule is O=C(O)C[C@H](NC(=O)OCc1ccccc1)C1CCC2CC2C1. The van der Waals surface area contributed by atoms with Crippen molar-refractivity contribution in [1.29, 1.82) is 0 Å². The first-order chi connectivity index (χ1) is 11.1. The summed E-state index contributed by atoms with van der Waals surface area (Å²) in [4.78, 5) is 23.1. The molecule has 2 saturated carbocycles. The third kappa shape index (κ3) is 4.47. The first-order valence-corrected chi connectivity index (χ1v) is 8.31. The van der Waals surface area contributed by atoms with E-state index in [9.17, 15) is 9.59 Å². The van der Waals surface area contributed by atoms with Crippen molar-refractivity contribution in [3.8, 4) is 0 Å². The van der Waals surface area contributed by atoms with Crippen LogP contribution in [0, 0.1) is 17.8 Å². The fourth-order valence-electron chi connectivity index (χ4n) is 3.69. The Bertz CT molecular complexity index is 559. The number of carbonyl (C=O) groups is 2. The van der Waals surface area contributed by atoms with E-state index in [4.69, 9.17) is 9.84 Å². The summed E-state index contributed by atoms with van der Waals surface area (Å²) >= 11 is 0. The lowest BCUT2D eigenvalue weighted by molar-refractivity contribution is -0.137. The van der Waals surface area contributed by atoms with Gasteiger partial charge in [-0.05, 0) is 49.0 Å². The van der Waals surface area contributed by atoms with Gasteiger partial charge in [-0.15, -0.1) is 0 Å². The molecule has 0 aliphatic heterocycles. The number of alkyl carbamates (subject to hydrolysis) is 1. The maximum absolute atomic E-state index is 12.0. The van der Waals surface area contributed by atoms with Crippen LogP contribution in [0.1, 0.15) is 37.7 Å². The summed E-state index contributed by atoms with van der Waals surface area (Å²) in [6, 6.07) is 9.11. The highest BCUT2D eigenvalue weighted by atomic mass is 16.5. The number of hydrogen-bond acceptors (Lipinski definition) is 3. The first-order valence-electron chi connectivity index (χ1n) is 8.31. The first kappa shape index (κ1) is 15.8. The number of aliphatic carboxylic acids is 1. The Morgan fingerprint density at radius 3 is 2.65 bits per heavy atom. The molecular formula is C18H23NO4. The summed E-state index contributed by atoms with van der Waals surface area (Å²) in [5, 5.41) is 11.9. The van der Waals surface area contributed by atoms with E-state index in [-0.39, 0.29) is 25.0 Å². The van der Waals surface area contributed by atoms with Gasteiger partial charge in [-0.25, -0.2) is 4.79 Å². The lowest BCUT2D eigenvalue weighted by Gasteiger charge is -2.29. The fraction of sp³-hybridized carbons (Fsp3) is 0.556. The zero-order valence-electron chi connectivity index (χ0n) is 13.1. The molecule has 23 heavy (non-hydrogen) atoms. The number of carboxylic acid groups (broad SMARTS) is 1. The number of ether oxygens (including phenoxy) is 1. The van der Waals surface area contributed by atoms with Gasteiger partial charge in [0, 0.05) is 6.04 Å². The molecule has 5 nitrogen and oxygen atoms in total. The van der Waals surface area contributed by atoms with Gasteiger partial charge in [0.1, 0.15) is 6.61 Å². The van der Waals surface area contributed by atoms with Crippen LogP contribution in [0.5, 0.6) is 0 Å². The summed E-state index contributed by atoms with van der Waals surface area (Å²) in [6.07, 6.45) is 3.89. The molecule has 1 aromatic rings. The van der Waals surface area contributed by atoms with Crippen LogP contribution in [-0.4, -0.2) is 23.2 Å². The van der Waals surface area contributed by atoms with Gasteiger partial charge in [-0.3, -0.25) is 4.79 Å². The van der Waals surface area contributed by atoms with Crippen LogP contribution in [0.4, 0.5) is 4.79 Å². The van der Waals surface area contributed by atoms with E-state index in [0.29, 0.717) is 0 Å². The molecular weight excluding hydrogens is 294 g/mol. The van der Waals surface area contributed by atoms with Gasteiger partial charge in [0.15, 0.2) is 0 Å². The second-order valence-corrected chi connectivity index (χ2v) is 6.74. The maximum atomic E-state index is 12.0. The highest BCUT2D eigenvalue weighted by Gasteiger charge is 2.44. The minimum Gasteiger partial charge on any atom is -0.481 e.